The Balaban J connectivity index is 1.74. The Morgan fingerprint density at radius 1 is 1.29 bits per heavy atom. The number of nitrogens with two attached hydrogens (primary N) is 1. The fourth-order valence-electron chi connectivity index (χ4n) is 3.32. The van der Waals surface area contributed by atoms with Gasteiger partial charge in [-0.2, -0.15) is 0 Å². The predicted molar refractivity (Wildman–Crippen MR) is 112 cm³/mol. The molecule has 1 saturated heterocycles. The maximum absolute atomic E-state index is 6.02. The van der Waals surface area contributed by atoms with Gasteiger partial charge < -0.3 is 19.9 Å². The molecule has 0 saturated carbocycles. The van der Waals surface area contributed by atoms with E-state index in [1.54, 1.807) is 19.4 Å². The molecule has 0 spiro atoms. The molecule has 1 aliphatic rings. The molecule has 6 heteroatoms. The van der Waals surface area contributed by atoms with Crippen LogP contribution in [-0.2, 0) is 0 Å². The Hall–Kier alpha value is -2.57. The van der Waals surface area contributed by atoms with Crippen LogP contribution in [0.15, 0.2) is 48.9 Å². The molecule has 1 aliphatic heterocycles. The van der Waals surface area contributed by atoms with Crippen LogP contribution >= 0.6 is 0 Å². The summed E-state index contributed by atoms with van der Waals surface area (Å²) in [5.74, 6) is 2.82. The molecular weight excluding hydrogens is 354 g/mol. The monoisotopic (exact) mass is 383 g/mol. The van der Waals surface area contributed by atoms with Gasteiger partial charge in [0.25, 0.3) is 0 Å². The van der Waals surface area contributed by atoms with Crippen molar-refractivity contribution in [1.82, 2.24) is 9.88 Å². The second-order valence-corrected chi connectivity index (χ2v) is 6.97. The molecular formula is C22H29N3O3. The van der Waals surface area contributed by atoms with E-state index in [2.05, 4.69) is 16.5 Å². The number of allylic oxidation sites excluding steroid dienone is 3. The Labute approximate surface area is 166 Å². The third-order valence-corrected chi connectivity index (χ3v) is 4.91. The molecule has 0 aliphatic carbocycles. The van der Waals surface area contributed by atoms with Crippen LogP contribution in [0.3, 0.4) is 0 Å². The molecule has 1 aromatic carbocycles. The Bertz CT molecular complexity index is 842. The van der Waals surface area contributed by atoms with E-state index in [4.69, 9.17) is 19.9 Å². The fourth-order valence-corrected chi connectivity index (χ4v) is 3.32. The number of aromatic nitrogens is 1. The van der Waals surface area contributed by atoms with Crippen LogP contribution in [0.4, 0.5) is 0 Å². The minimum absolute atomic E-state index is 0.338. The highest BCUT2D eigenvalue weighted by Crippen LogP contribution is 2.36. The number of rotatable bonds is 8. The molecule has 0 atom stereocenters. The third kappa shape index (κ3) is 5.03. The first-order valence-corrected chi connectivity index (χ1v) is 9.65. The quantitative estimate of drug-likeness (QED) is 0.556. The zero-order valence-electron chi connectivity index (χ0n) is 16.7. The van der Waals surface area contributed by atoms with Crippen LogP contribution in [0, 0.1) is 0 Å². The lowest BCUT2D eigenvalue weighted by Gasteiger charge is -2.29. The summed E-state index contributed by atoms with van der Waals surface area (Å²) in [4.78, 5) is 6.84. The molecule has 2 heterocycles. The number of ether oxygens (including phenoxy) is 3. The largest absolute Gasteiger partial charge is 0.493 e. The van der Waals surface area contributed by atoms with Crippen LogP contribution in [0.25, 0.3) is 10.9 Å². The number of pyridine rings is 1. The maximum atomic E-state index is 6.02. The number of likely N-dealkylation sites (tertiary alicyclic amines) is 1. The van der Waals surface area contributed by atoms with Crippen molar-refractivity contribution in [3.05, 3.63) is 48.9 Å². The minimum atomic E-state index is 0.338. The average molecular weight is 383 g/mol. The second-order valence-electron chi connectivity index (χ2n) is 6.97. The van der Waals surface area contributed by atoms with Gasteiger partial charge >= 0.3 is 0 Å². The van der Waals surface area contributed by atoms with E-state index < -0.39 is 0 Å². The molecule has 150 valence electrons. The van der Waals surface area contributed by atoms with Gasteiger partial charge in [-0.3, -0.25) is 9.88 Å². The van der Waals surface area contributed by atoms with E-state index in [1.165, 1.54) is 0 Å². The van der Waals surface area contributed by atoms with Crippen molar-refractivity contribution in [3.63, 3.8) is 0 Å². The van der Waals surface area contributed by atoms with Crippen molar-refractivity contribution in [2.45, 2.75) is 25.8 Å². The molecule has 0 radical (unpaired) electrons. The summed E-state index contributed by atoms with van der Waals surface area (Å²) in [5.41, 5.74) is 6.76. The normalized spacial score (nSPS) is 16.2. The highest BCUT2D eigenvalue weighted by Gasteiger charge is 2.16. The lowest BCUT2D eigenvalue weighted by molar-refractivity contribution is 0.172. The van der Waals surface area contributed by atoms with Gasteiger partial charge in [0.1, 0.15) is 18.1 Å². The van der Waals surface area contributed by atoms with Gasteiger partial charge in [-0.05, 0) is 51.1 Å². The molecule has 0 bridgehead atoms. The van der Waals surface area contributed by atoms with Crippen molar-refractivity contribution in [1.29, 1.82) is 0 Å². The van der Waals surface area contributed by atoms with Crippen LogP contribution in [-0.4, -0.2) is 49.3 Å². The Morgan fingerprint density at radius 2 is 2.07 bits per heavy atom. The molecule has 0 unspecified atom stereocenters. The number of methoxy groups -OCH3 is 1. The third-order valence-electron chi connectivity index (χ3n) is 4.91. The molecule has 3 rings (SSSR count). The smallest absolute Gasteiger partial charge is 0.163 e. The highest BCUT2D eigenvalue weighted by atomic mass is 16.5. The summed E-state index contributed by atoms with van der Waals surface area (Å²) in [5, 5.41) is 0.869. The van der Waals surface area contributed by atoms with Gasteiger partial charge in [0, 0.05) is 30.2 Å². The fraction of sp³-hybridized carbons (Fsp3) is 0.409. The zero-order valence-corrected chi connectivity index (χ0v) is 16.7. The lowest BCUT2D eigenvalue weighted by atomic mass is 10.1. The van der Waals surface area contributed by atoms with E-state index in [9.17, 15) is 0 Å². The van der Waals surface area contributed by atoms with Crippen molar-refractivity contribution in [3.8, 4) is 17.2 Å². The second kappa shape index (κ2) is 9.57. The molecule has 2 aromatic rings. The van der Waals surface area contributed by atoms with E-state index in [-0.39, 0.29) is 0 Å². The summed E-state index contributed by atoms with van der Waals surface area (Å²) in [6.07, 6.45) is 7.33. The van der Waals surface area contributed by atoms with Crippen molar-refractivity contribution < 1.29 is 14.2 Å². The Morgan fingerprint density at radius 3 is 2.79 bits per heavy atom. The number of fused-ring (bicyclic) bond motifs is 1. The summed E-state index contributed by atoms with van der Waals surface area (Å²) < 4.78 is 17.5. The standard InChI is InChI=1S/C22H29N3O3/c1-4-5-16(2)28-20-6-9-24-19-15-22(21(26-3)14-18(19)20)27-13-12-25-10-7-17(23)8-11-25/h4-6,9,14-15,17H,1,7-8,10-13,23H2,2-3H3/b16-5+. The first-order valence-electron chi connectivity index (χ1n) is 9.65. The van der Waals surface area contributed by atoms with Crippen LogP contribution in [0.2, 0.25) is 0 Å². The zero-order chi connectivity index (χ0) is 19.9. The van der Waals surface area contributed by atoms with E-state index in [0.29, 0.717) is 24.1 Å². The van der Waals surface area contributed by atoms with Gasteiger partial charge in [-0.15, -0.1) is 0 Å². The number of benzene rings is 1. The molecule has 2 N–H and O–H groups in total. The van der Waals surface area contributed by atoms with Crippen molar-refractivity contribution in [2.75, 3.05) is 33.4 Å². The first kappa shape index (κ1) is 20.2. The number of hydrogen-bond donors (Lipinski definition) is 1. The van der Waals surface area contributed by atoms with Crippen molar-refractivity contribution >= 4 is 10.9 Å². The molecule has 6 nitrogen and oxygen atoms in total. The van der Waals surface area contributed by atoms with Crippen molar-refractivity contribution in [2.24, 2.45) is 5.73 Å². The van der Waals surface area contributed by atoms with E-state index in [1.807, 2.05) is 31.2 Å². The summed E-state index contributed by atoms with van der Waals surface area (Å²) in [7, 11) is 1.64. The van der Waals surface area contributed by atoms with Gasteiger partial charge in [0.05, 0.1) is 12.6 Å². The maximum Gasteiger partial charge on any atom is 0.163 e. The van der Waals surface area contributed by atoms with Crippen LogP contribution in [0.5, 0.6) is 17.2 Å². The summed E-state index contributed by atoms with van der Waals surface area (Å²) in [6.45, 7) is 9.10. The molecule has 28 heavy (non-hydrogen) atoms. The van der Waals surface area contributed by atoms with Crippen LogP contribution in [0.1, 0.15) is 19.8 Å². The summed E-state index contributed by atoms with van der Waals surface area (Å²) in [6, 6.07) is 5.99. The minimum Gasteiger partial charge on any atom is -0.493 e. The number of piperidine rings is 1. The van der Waals surface area contributed by atoms with Gasteiger partial charge in [-0.25, -0.2) is 0 Å². The molecule has 1 fully saturated rings. The first-order chi connectivity index (χ1) is 13.6. The average Bonchev–Trinajstić information content (AvgIpc) is 2.69. The predicted octanol–water partition coefficient (Wildman–Crippen LogP) is 3.51. The van der Waals surface area contributed by atoms with Gasteiger partial charge in [0.2, 0.25) is 0 Å². The SMILES string of the molecule is C=C/C=C(\C)Oc1ccnc2cc(OCCN3CCC(N)CC3)c(OC)cc12. The molecule has 1 aromatic heterocycles. The number of hydrogen-bond acceptors (Lipinski definition) is 6. The van der Waals surface area contributed by atoms with Gasteiger partial charge in [-0.1, -0.05) is 12.7 Å². The van der Waals surface area contributed by atoms with E-state index >= 15 is 0 Å². The van der Waals surface area contributed by atoms with Crippen LogP contribution < -0.4 is 19.9 Å². The molecule has 0 amide bonds. The van der Waals surface area contributed by atoms with Gasteiger partial charge in [0.15, 0.2) is 11.5 Å². The highest BCUT2D eigenvalue weighted by molar-refractivity contribution is 5.88. The lowest BCUT2D eigenvalue weighted by Crippen LogP contribution is -2.41. The van der Waals surface area contributed by atoms with E-state index in [0.717, 1.165) is 54.9 Å². The summed E-state index contributed by atoms with van der Waals surface area (Å²) >= 11 is 0. The Kier molecular flexibility index (Phi) is 6.90. The number of nitrogens with zero attached hydrogens (tertiary/aromatic N) is 2. The topological polar surface area (TPSA) is 69.8 Å².